The highest BCUT2D eigenvalue weighted by molar-refractivity contribution is 6.35. The van der Waals surface area contributed by atoms with Crippen LogP contribution in [-0.4, -0.2) is 21.0 Å². The Balaban J connectivity index is 1.88. The highest BCUT2D eigenvalue weighted by Crippen LogP contribution is 2.43. The number of fused-ring (bicyclic) bond motifs is 1. The van der Waals surface area contributed by atoms with Crippen molar-refractivity contribution in [1.29, 1.82) is 0 Å². The number of nitrogens with zero attached hydrogens (tertiary/aromatic N) is 2. The minimum atomic E-state index is -0.506. The zero-order chi connectivity index (χ0) is 17.7. The number of anilines is 1. The molecule has 1 unspecified atom stereocenters. The lowest BCUT2D eigenvalue weighted by molar-refractivity contribution is -0.117. The summed E-state index contributed by atoms with van der Waals surface area (Å²) in [5, 5.41) is 11.2. The van der Waals surface area contributed by atoms with Crippen molar-refractivity contribution >= 4 is 45.8 Å². The number of amides is 1. The highest BCUT2D eigenvalue weighted by atomic mass is 35.5. The summed E-state index contributed by atoms with van der Waals surface area (Å²) in [7, 11) is 0. The Labute approximate surface area is 153 Å². The standard InChI is InChI=1S/C18H13Cl2N3O2/c1-9-16(12-4-2-10(19)6-13(12)20)23(18(25)17(9)24)11-3-5-14-15(7-11)22-8-21-14/h2-8,16,24H,1H3,(H,21,22). The van der Waals surface area contributed by atoms with Crippen molar-refractivity contribution in [2.45, 2.75) is 13.0 Å². The molecule has 1 aromatic heterocycles. The Morgan fingerprint density at radius 2 is 2.00 bits per heavy atom. The van der Waals surface area contributed by atoms with Gasteiger partial charge in [0.25, 0.3) is 5.91 Å². The van der Waals surface area contributed by atoms with Crippen molar-refractivity contribution in [1.82, 2.24) is 9.97 Å². The maximum atomic E-state index is 12.7. The van der Waals surface area contributed by atoms with E-state index in [4.69, 9.17) is 23.2 Å². The van der Waals surface area contributed by atoms with E-state index in [-0.39, 0.29) is 5.76 Å². The molecule has 0 fully saturated rings. The molecule has 126 valence electrons. The molecule has 3 aromatic rings. The molecule has 1 amide bonds. The van der Waals surface area contributed by atoms with Crippen LogP contribution in [0.4, 0.5) is 5.69 Å². The van der Waals surface area contributed by atoms with Crippen LogP contribution in [0.1, 0.15) is 18.5 Å². The molecule has 0 bridgehead atoms. The summed E-state index contributed by atoms with van der Waals surface area (Å²) in [6.45, 7) is 1.72. The molecule has 0 radical (unpaired) electrons. The number of carbonyl (C=O) groups is 1. The number of aromatic nitrogens is 2. The molecule has 25 heavy (non-hydrogen) atoms. The summed E-state index contributed by atoms with van der Waals surface area (Å²) in [5.41, 5.74) is 3.46. The van der Waals surface area contributed by atoms with Gasteiger partial charge in [0, 0.05) is 21.3 Å². The summed E-state index contributed by atoms with van der Waals surface area (Å²) < 4.78 is 0. The Morgan fingerprint density at radius 3 is 2.76 bits per heavy atom. The van der Waals surface area contributed by atoms with Crippen LogP contribution in [-0.2, 0) is 4.79 Å². The minimum absolute atomic E-state index is 0.266. The van der Waals surface area contributed by atoms with Crippen LogP contribution in [0.3, 0.4) is 0 Å². The van der Waals surface area contributed by atoms with E-state index in [9.17, 15) is 9.90 Å². The minimum Gasteiger partial charge on any atom is -0.503 e. The first-order valence-corrected chi connectivity index (χ1v) is 8.34. The topological polar surface area (TPSA) is 69.2 Å². The molecule has 0 aliphatic carbocycles. The fourth-order valence-corrected chi connectivity index (χ4v) is 3.67. The lowest BCUT2D eigenvalue weighted by Crippen LogP contribution is -2.30. The summed E-state index contributed by atoms with van der Waals surface area (Å²) in [5.74, 6) is -0.735. The van der Waals surface area contributed by atoms with Crippen LogP contribution < -0.4 is 4.90 Å². The van der Waals surface area contributed by atoms with Gasteiger partial charge in [-0.3, -0.25) is 9.69 Å². The van der Waals surface area contributed by atoms with Crippen molar-refractivity contribution in [3.8, 4) is 0 Å². The second kappa shape index (κ2) is 5.79. The van der Waals surface area contributed by atoms with Gasteiger partial charge in [0.1, 0.15) is 0 Å². The molecule has 2 heterocycles. The zero-order valence-corrected chi connectivity index (χ0v) is 14.6. The number of carbonyl (C=O) groups excluding carboxylic acids is 1. The monoisotopic (exact) mass is 373 g/mol. The fourth-order valence-electron chi connectivity index (χ4n) is 3.16. The van der Waals surface area contributed by atoms with E-state index < -0.39 is 11.9 Å². The van der Waals surface area contributed by atoms with E-state index in [0.29, 0.717) is 26.9 Å². The van der Waals surface area contributed by atoms with Crippen molar-refractivity contribution < 1.29 is 9.90 Å². The van der Waals surface area contributed by atoms with Gasteiger partial charge in [-0.15, -0.1) is 0 Å². The van der Waals surface area contributed by atoms with Crippen LogP contribution in [0, 0.1) is 0 Å². The third kappa shape index (κ3) is 2.47. The van der Waals surface area contributed by atoms with Crippen molar-refractivity contribution in [3.05, 3.63) is 69.7 Å². The molecule has 1 atom stereocenters. The number of halogens is 2. The highest BCUT2D eigenvalue weighted by Gasteiger charge is 2.40. The maximum Gasteiger partial charge on any atom is 0.293 e. The van der Waals surface area contributed by atoms with Crippen molar-refractivity contribution in [3.63, 3.8) is 0 Å². The summed E-state index contributed by atoms with van der Waals surface area (Å²) in [6.07, 6.45) is 1.59. The quantitative estimate of drug-likeness (QED) is 0.678. The Bertz CT molecular complexity index is 1040. The van der Waals surface area contributed by atoms with E-state index in [1.807, 2.05) is 6.07 Å². The number of aliphatic hydroxyl groups excluding tert-OH is 1. The van der Waals surface area contributed by atoms with Crippen LogP contribution in [0.2, 0.25) is 10.0 Å². The van der Waals surface area contributed by atoms with Gasteiger partial charge in [-0.05, 0) is 42.8 Å². The molecular formula is C18H13Cl2N3O2. The SMILES string of the molecule is CC1=C(O)C(=O)N(c2ccc3[nH]cnc3c2)C1c1ccc(Cl)cc1Cl. The molecule has 5 nitrogen and oxygen atoms in total. The van der Waals surface area contributed by atoms with E-state index in [1.54, 1.807) is 43.6 Å². The van der Waals surface area contributed by atoms with Gasteiger partial charge in [0.05, 0.1) is 23.4 Å². The first-order valence-electron chi connectivity index (χ1n) is 7.59. The third-order valence-electron chi connectivity index (χ3n) is 4.40. The van der Waals surface area contributed by atoms with E-state index in [2.05, 4.69) is 9.97 Å². The molecule has 7 heteroatoms. The lowest BCUT2D eigenvalue weighted by atomic mass is 10.00. The molecule has 4 rings (SSSR count). The van der Waals surface area contributed by atoms with Crippen LogP contribution >= 0.6 is 23.2 Å². The van der Waals surface area contributed by atoms with Crippen LogP contribution in [0.5, 0.6) is 0 Å². The number of aromatic amines is 1. The van der Waals surface area contributed by atoms with Crippen LogP contribution in [0.15, 0.2) is 54.1 Å². The van der Waals surface area contributed by atoms with E-state index in [0.717, 1.165) is 11.0 Å². The van der Waals surface area contributed by atoms with Gasteiger partial charge in [-0.25, -0.2) is 4.98 Å². The summed E-state index contributed by atoms with van der Waals surface area (Å²) in [6, 6.07) is 10.0. The molecule has 0 spiro atoms. The smallest absolute Gasteiger partial charge is 0.293 e. The average Bonchev–Trinajstić information content (AvgIpc) is 3.13. The number of aliphatic hydroxyl groups is 1. The summed E-state index contributed by atoms with van der Waals surface area (Å²) >= 11 is 12.3. The summed E-state index contributed by atoms with van der Waals surface area (Å²) in [4.78, 5) is 21.4. The zero-order valence-electron chi connectivity index (χ0n) is 13.1. The van der Waals surface area contributed by atoms with Gasteiger partial charge in [-0.2, -0.15) is 0 Å². The molecule has 0 saturated carbocycles. The number of nitrogens with one attached hydrogen (secondary N) is 1. The van der Waals surface area contributed by atoms with Crippen molar-refractivity contribution in [2.24, 2.45) is 0 Å². The molecular weight excluding hydrogens is 361 g/mol. The van der Waals surface area contributed by atoms with E-state index in [1.165, 1.54) is 4.90 Å². The number of benzene rings is 2. The number of H-pyrrole nitrogens is 1. The number of hydrogen-bond donors (Lipinski definition) is 2. The van der Waals surface area contributed by atoms with Gasteiger partial charge < -0.3 is 10.1 Å². The van der Waals surface area contributed by atoms with Crippen LogP contribution in [0.25, 0.3) is 11.0 Å². The van der Waals surface area contributed by atoms with E-state index >= 15 is 0 Å². The average molecular weight is 374 g/mol. The van der Waals surface area contributed by atoms with Gasteiger partial charge in [-0.1, -0.05) is 29.3 Å². The Hall–Kier alpha value is -2.50. The Kier molecular flexibility index (Phi) is 3.71. The molecule has 2 aromatic carbocycles. The van der Waals surface area contributed by atoms with Gasteiger partial charge in [0.2, 0.25) is 0 Å². The predicted octanol–water partition coefficient (Wildman–Crippen LogP) is 4.79. The van der Waals surface area contributed by atoms with Crippen molar-refractivity contribution in [2.75, 3.05) is 4.90 Å². The molecule has 1 aliphatic heterocycles. The fraction of sp³-hybridized carbons (Fsp3) is 0.111. The normalized spacial score (nSPS) is 17.8. The number of rotatable bonds is 2. The lowest BCUT2D eigenvalue weighted by Gasteiger charge is -2.27. The first kappa shape index (κ1) is 16.0. The second-order valence-electron chi connectivity index (χ2n) is 5.88. The first-order chi connectivity index (χ1) is 12.0. The maximum absolute atomic E-state index is 12.7. The number of imidazole rings is 1. The Morgan fingerprint density at radius 1 is 1.20 bits per heavy atom. The molecule has 0 saturated heterocycles. The van der Waals surface area contributed by atoms with Gasteiger partial charge in [0.15, 0.2) is 5.76 Å². The third-order valence-corrected chi connectivity index (χ3v) is 4.97. The largest absolute Gasteiger partial charge is 0.503 e. The molecule has 2 N–H and O–H groups in total. The number of hydrogen-bond acceptors (Lipinski definition) is 3. The van der Waals surface area contributed by atoms with Gasteiger partial charge >= 0.3 is 0 Å². The predicted molar refractivity (Wildman–Crippen MR) is 98.1 cm³/mol. The molecule has 1 aliphatic rings. The second-order valence-corrected chi connectivity index (χ2v) is 6.72.